The number of phenols is 1. The fraction of sp³-hybridized carbons (Fsp3) is 0.362. The van der Waals surface area contributed by atoms with Gasteiger partial charge in [-0.2, -0.15) is 5.01 Å². The largest absolute Gasteiger partial charge is 0.507 e. The Labute approximate surface area is 353 Å². The molecule has 0 bridgehead atoms. The number of aryl methyl sites for hydroxylation is 2. The molecule has 3 aliphatic heterocycles. The first-order valence-corrected chi connectivity index (χ1v) is 21.1. The average Bonchev–Trinajstić information content (AvgIpc) is 3.61. The number of carbonyl (C=O) groups excluding carboxylic acids is 4. The fourth-order valence-corrected chi connectivity index (χ4v) is 11.4. The first-order valence-electron chi connectivity index (χ1n) is 20.3. The normalized spacial score (nSPS) is 27.1. The highest BCUT2D eigenvalue weighted by Gasteiger charge is 2.70. The lowest BCUT2D eigenvalue weighted by Gasteiger charge is -2.50. The van der Waals surface area contributed by atoms with Crippen LogP contribution in [0.2, 0.25) is 10.0 Å². The maximum atomic E-state index is 15.6. The predicted octanol–water partition coefficient (Wildman–Crippen LogP) is 7.97. The van der Waals surface area contributed by atoms with Gasteiger partial charge in [0.1, 0.15) is 11.5 Å². The number of ether oxygens (including phenoxy) is 1. The summed E-state index contributed by atoms with van der Waals surface area (Å²) in [6, 6.07) is 25.9. The molecular formula is C47H46Cl2N4O6. The van der Waals surface area contributed by atoms with Crippen LogP contribution in [0, 0.1) is 37.5 Å². The fourth-order valence-electron chi connectivity index (χ4n) is 10.9. The van der Waals surface area contributed by atoms with E-state index in [1.54, 1.807) is 36.3 Å². The quantitative estimate of drug-likeness (QED) is 0.136. The summed E-state index contributed by atoms with van der Waals surface area (Å²) in [7, 11) is 1.57. The summed E-state index contributed by atoms with van der Waals surface area (Å²) < 4.78 is 5.52. The second-order valence-electron chi connectivity index (χ2n) is 16.8. The molecule has 6 unspecified atom stereocenters. The van der Waals surface area contributed by atoms with Crippen LogP contribution < -0.4 is 10.2 Å². The Kier molecular flexibility index (Phi) is 10.1. The molecule has 3 saturated heterocycles. The van der Waals surface area contributed by atoms with Gasteiger partial charge in [-0.25, -0.2) is 0 Å². The number of rotatable bonds is 8. The third kappa shape index (κ3) is 6.33. The molecule has 2 aliphatic carbocycles. The molecule has 4 aromatic rings. The van der Waals surface area contributed by atoms with Gasteiger partial charge in [0.15, 0.2) is 0 Å². The smallest absolute Gasteiger partial charge is 0.260 e. The number of phenolic OH excluding ortho intramolecular Hbond substituents is 1. The second kappa shape index (κ2) is 15.1. The Morgan fingerprint density at radius 2 is 1.54 bits per heavy atom. The van der Waals surface area contributed by atoms with Crippen LogP contribution in [0.15, 0.2) is 96.6 Å². The van der Waals surface area contributed by atoms with Crippen LogP contribution in [0.1, 0.15) is 59.4 Å². The third-order valence-corrected chi connectivity index (χ3v) is 14.2. The van der Waals surface area contributed by atoms with Crippen LogP contribution in [0.5, 0.6) is 11.5 Å². The van der Waals surface area contributed by atoms with Gasteiger partial charge < -0.3 is 9.84 Å². The number of amides is 4. The molecule has 1 saturated carbocycles. The van der Waals surface area contributed by atoms with Crippen LogP contribution in [-0.4, -0.2) is 69.8 Å². The molecule has 12 heteroatoms. The number of carbonyl (C=O) groups is 4. The Balaban J connectivity index is 1.13. The van der Waals surface area contributed by atoms with Crippen molar-refractivity contribution in [3.05, 3.63) is 134 Å². The number of piperidine rings is 1. The van der Waals surface area contributed by atoms with E-state index in [2.05, 4.69) is 28.5 Å². The zero-order valence-corrected chi connectivity index (χ0v) is 34.7. The Morgan fingerprint density at radius 3 is 2.20 bits per heavy atom. The number of anilines is 1. The molecule has 5 aliphatic rings. The first-order chi connectivity index (χ1) is 28.4. The highest BCUT2D eigenvalue weighted by Crippen LogP contribution is 2.64. The van der Waals surface area contributed by atoms with Gasteiger partial charge >= 0.3 is 0 Å². The van der Waals surface area contributed by atoms with E-state index in [1.165, 1.54) is 11.6 Å². The van der Waals surface area contributed by atoms with Crippen molar-refractivity contribution in [1.82, 2.24) is 14.8 Å². The van der Waals surface area contributed by atoms with Gasteiger partial charge in [0, 0.05) is 36.6 Å². The molecule has 3 heterocycles. The molecule has 4 amide bonds. The van der Waals surface area contributed by atoms with E-state index in [9.17, 15) is 14.7 Å². The summed E-state index contributed by atoms with van der Waals surface area (Å²) in [4.78, 5) is 64.0. The van der Waals surface area contributed by atoms with Crippen LogP contribution in [0.3, 0.4) is 0 Å². The molecule has 6 atom stereocenters. The minimum absolute atomic E-state index is 0.144. The van der Waals surface area contributed by atoms with Crippen LogP contribution in [0.4, 0.5) is 5.69 Å². The number of nitrogens with one attached hydrogen (secondary N) is 1. The van der Waals surface area contributed by atoms with Crippen LogP contribution in [-0.2, 0) is 31.1 Å². The maximum Gasteiger partial charge on any atom is 0.260 e. The van der Waals surface area contributed by atoms with Crippen molar-refractivity contribution >= 4 is 52.5 Å². The number of halogens is 2. The molecule has 304 valence electrons. The Hall–Kier alpha value is -5.16. The van der Waals surface area contributed by atoms with Gasteiger partial charge in [-0.3, -0.25) is 34.4 Å². The number of imide groups is 2. The molecule has 0 spiro atoms. The summed E-state index contributed by atoms with van der Waals surface area (Å²) in [5.74, 6) is -3.97. The average molecular weight is 834 g/mol. The van der Waals surface area contributed by atoms with Gasteiger partial charge in [0.05, 0.1) is 41.0 Å². The van der Waals surface area contributed by atoms with Gasteiger partial charge in [0.2, 0.25) is 11.8 Å². The summed E-state index contributed by atoms with van der Waals surface area (Å²) in [6.07, 6.45) is 3.95. The molecular weight excluding hydrogens is 787 g/mol. The minimum atomic E-state index is -1.49. The standard InChI is InChI=1S/C47H46Cl2N4O6/c1-26-21-29(22-27(2)42(26)54)41-34-14-15-35-40(45(57)52(43(35)55)32-17-19-51(20-18-32)25-28-7-5-4-6-8-28)36(34)24-37-44(56)53(50-39-16-11-31(48)23-38(39)49)46(58)47(37,41)30-9-12-33(59-3)13-10-30/h4-14,16,21-23,32,35-37,40-41,50,54H,15,17-20,24-25H2,1-3H3. The van der Waals surface area contributed by atoms with Crippen molar-refractivity contribution in [2.24, 2.45) is 23.7 Å². The number of hydrogen-bond acceptors (Lipinski definition) is 8. The van der Waals surface area contributed by atoms with Crippen LogP contribution >= 0.6 is 23.2 Å². The first kappa shape index (κ1) is 39.3. The zero-order chi connectivity index (χ0) is 41.3. The molecule has 0 aromatic heterocycles. The Morgan fingerprint density at radius 1 is 0.847 bits per heavy atom. The Bertz CT molecular complexity index is 2370. The number of methoxy groups -OCH3 is 1. The highest BCUT2D eigenvalue weighted by molar-refractivity contribution is 6.36. The third-order valence-electron chi connectivity index (χ3n) is 13.6. The minimum Gasteiger partial charge on any atom is -0.507 e. The van der Waals surface area contributed by atoms with Gasteiger partial charge in [-0.05, 0) is 104 Å². The van der Waals surface area contributed by atoms with E-state index >= 15 is 9.59 Å². The number of aromatic hydroxyl groups is 1. The van der Waals surface area contributed by atoms with Crippen molar-refractivity contribution in [1.29, 1.82) is 0 Å². The number of hydrazine groups is 1. The summed E-state index contributed by atoms with van der Waals surface area (Å²) >= 11 is 12.8. The molecule has 59 heavy (non-hydrogen) atoms. The maximum absolute atomic E-state index is 15.6. The topological polar surface area (TPSA) is 119 Å². The summed E-state index contributed by atoms with van der Waals surface area (Å²) in [5, 5.41) is 12.7. The number of likely N-dealkylation sites (tertiary alicyclic amines) is 2. The van der Waals surface area contributed by atoms with Gasteiger partial charge in [-0.15, -0.1) is 0 Å². The molecule has 4 aromatic carbocycles. The number of hydrogen-bond donors (Lipinski definition) is 2. The number of fused-ring (bicyclic) bond motifs is 4. The lowest BCUT2D eigenvalue weighted by atomic mass is 9.49. The van der Waals surface area contributed by atoms with Crippen molar-refractivity contribution in [2.75, 3.05) is 25.6 Å². The van der Waals surface area contributed by atoms with E-state index in [4.69, 9.17) is 27.9 Å². The lowest BCUT2D eigenvalue weighted by molar-refractivity contribution is -0.144. The van der Waals surface area contributed by atoms with E-state index in [1.807, 2.05) is 56.3 Å². The van der Waals surface area contributed by atoms with E-state index in [-0.39, 0.29) is 35.0 Å². The van der Waals surface area contributed by atoms with Gasteiger partial charge in [0.25, 0.3) is 11.8 Å². The second-order valence-corrected chi connectivity index (χ2v) is 17.6. The molecule has 2 N–H and O–H groups in total. The molecule has 9 rings (SSSR count). The number of nitrogens with zero attached hydrogens (tertiary/aromatic N) is 3. The summed E-state index contributed by atoms with van der Waals surface area (Å²) in [5.41, 5.74) is 6.56. The van der Waals surface area contributed by atoms with E-state index in [0.717, 1.165) is 35.8 Å². The predicted molar refractivity (Wildman–Crippen MR) is 225 cm³/mol. The van der Waals surface area contributed by atoms with E-state index < -0.39 is 46.8 Å². The number of benzene rings is 4. The SMILES string of the molecule is COc1ccc(C23C(=O)N(Nc4ccc(Cl)cc4Cl)C(=O)C2CC2C(=CCC4C(=O)N(C5CCN(Cc6ccccc6)CC5)C(=O)C42)C3c2cc(C)c(O)c(C)c2)cc1. The van der Waals surface area contributed by atoms with Crippen molar-refractivity contribution < 1.29 is 29.0 Å². The van der Waals surface area contributed by atoms with Crippen molar-refractivity contribution in [3.63, 3.8) is 0 Å². The monoisotopic (exact) mass is 832 g/mol. The van der Waals surface area contributed by atoms with Gasteiger partial charge in [-0.1, -0.05) is 89.4 Å². The zero-order valence-electron chi connectivity index (χ0n) is 33.2. The number of allylic oxidation sites excluding steroid dienone is 2. The van der Waals surface area contributed by atoms with Crippen molar-refractivity contribution in [3.8, 4) is 11.5 Å². The van der Waals surface area contributed by atoms with E-state index in [0.29, 0.717) is 52.4 Å². The van der Waals surface area contributed by atoms with Crippen molar-refractivity contribution in [2.45, 2.75) is 63.5 Å². The lowest BCUT2D eigenvalue weighted by Crippen LogP contribution is -2.53. The summed E-state index contributed by atoms with van der Waals surface area (Å²) in [6.45, 7) is 5.98. The molecule has 10 nitrogen and oxygen atoms in total. The molecule has 4 fully saturated rings. The highest BCUT2D eigenvalue weighted by atomic mass is 35.5. The van der Waals surface area contributed by atoms with Crippen LogP contribution in [0.25, 0.3) is 0 Å². The molecule has 0 radical (unpaired) electrons.